The summed E-state index contributed by atoms with van der Waals surface area (Å²) < 4.78 is 7.28. The van der Waals surface area contributed by atoms with E-state index in [1.54, 1.807) is 7.11 Å². The maximum Gasteiger partial charge on any atom is 0.0474 e. The predicted molar refractivity (Wildman–Crippen MR) is 67.6 cm³/mol. The minimum absolute atomic E-state index is 0.599. The maximum atomic E-state index is 5.00. The van der Waals surface area contributed by atoms with E-state index in [0.717, 1.165) is 26.1 Å². The molecule has 92 valence electrons. The van der Waals surface area contributed by atoms with Crippen LogP contribution in [-0.2, 0) is 11.3 Å². The highest BCUT2D eigenvalue weighted by Crippen LogP contribution is 2.12. The fourth-order valence-corrected chi connectivity index (χ4v) is 1.62. The van der Waals surface area contributed by atoms with Gasteiger partial charge in [-0.3, -0.25) is 0 Å². The molecule has 0 spiro atoms. The predicted octanol–water partition coefficient (Wildman–Crippen LogP) is 2.59. The summed E-state index contributed by atoms with van der Waals surface area (Å²) in [6, 6.07) is 2.79. The van der Waals surface area contributed by atoms with Crippen LogP contribution in [0.1, 0.15) is 38.3 Å². The van der Waals surface area contributed by atoms with E-state index in [9.17, 15) is 0 Å². The second kappa shape index (κ2) is 7.47. The van der Waals surface area contributed by atoms with Gasteiger partial charge in [0.05, 0.1) is 0 Å². The van der Waals surface area contributed by atoms with Crippen molar-refractivity contribution in [1.29, 1.82) is 0 Å². The number of nitrogens with zero attached hydrogens (tertiary/aromatic N) is 1. The van der Waals surface area contributed by atoms with Crippen molar-refractivity contribution in [3.63, 3.8) is 0 Å². The van der Waals surface area contributed by atoms with Crippen LogP contribution in [0.5, 0.6) is 0 Å². The fraction of sp³-hybridized carbons (Fsp3) is 0.692. The fourth-order valence-electron chi connectivity index (χ4n) is 1.62. The van der Waals surface area contributed by atoms with Crippen molar-refractivity contribution in [3.8, 4) is 0 Å². The molecule has 0 radical (unpaired) electrons. The second-order valence-electron chi connectivity index (χ2n) is 4.25. The molecule has 0 aromatic carbocycles. The molecule has 0 amide bonds. The van der Waals surface area contributed by atoms with Gasteiger partial charge in [0.25, 0.3) is 0 Å². The standard InChI is InChI=1S/C13H24N2O/c1-4-12(2)15-8-6-13(11-15)10-14-7-5-9-16-3/h6,8,11-12,14H,4-5,7,9-10H2,1-3H3. The molecule has 3 heteroatoms. The Labute approximate surface area is 98.8 Å². The van der Waals surface area contributed by atoms with Crippen molar-refractivity contribution in [3.05, 3.63) is 24.0 Å². The van der Waals surface area contributed by atoms with Gasteiger partial charge >= 0.3 is 0 Å². The summed E-state index contributed by atoms with van der Waals surface area (Å²) in [5, 5.41) is 3.41. The summed E-state index contributed by atoms with van der Waals surface area (Å²) in [5.74, 6) is 0. The lowest BCUT2D eigenvalue weighted by molar-refractivity contribution is 0.194. The Bertz CT molecular complexity index is 283. The molecular weight excluding hydrogens is 200 g/mol. The molecule has 1 unspecified atom stereocenters. The minimum atomic E-state index is 0.599. The van der Waals surface area contributed by atoms with Crippen molar-refractivity contribution in [1.82, 2.24) is 9.88 Å². The smallest absolute Gasteiger partial charge is 0.0474 e. The molecule has 1 heterocycles. The molecule has 1 rings (SSSR count). The first-order valence-corrected chi connectivity index (χ1v) is 6.14. The van der Waals surface area contributed by atoms with Gasteiger partial charge < -0.3 is 14.6 Å². The Hall–Kier alpha value is -0.800. The Balaban J connectivity index is 2.24. The summed E-state index contributed by atoms with van der Waals surface area (Å²) in [6.07, 6.45) is 6.65. The molecular formula is C13H24N2O. The third-order valence-corrected chi connectivity index (χ3v) is 2.91. The highest BCUT2D eigenvalue weighted by molar-refractivity contribution is 5.10. The summed E-state index contributed by atoms with van der Waals surface area (Å²) in [7, 11) is 1.74. The van der Waals surface area contributed by atoms with Crippen LogP contribution in [0.15, 0.2) is 18.5 Å². The number of hydrogen-bond acceptors (Lipinski definition) is 2. The second-order valence-corrected chi connectivity index (χ2v) is 4.25. The van der Waals surface area contributed by atoms with E-state index in [1.807, 2.05) is 0 Å². The first kappa shape index (κ1) is 13.3. The summed E-state index contributed by atoms with van der Waals surface area (Å²) in [6.45, 7) is 7.26. The third kappa shape index (κ3) is 4.37. The van der Waals surface area contributed by atoms with Crippen LogP contribution in [0, 0.1) is 0 Å². The van der Waals surface area contributed by atoms with Gasteiger partial charge in [-0.05, 0) is 37.9 Å². The maximum absolute atomic E-state index is 5.00. The lowest BCUT2D eigenvalue weighted by atomic mass is 10.2. The van der Waals surface area contributed by atoms with E-state index in [2.05, 4.69) is 42.2 Å². The zero-order chi connectivity index (χ0) is 11.8. The van der Waals surface area contributed by atoms with Crippen molar-refractivity contribution >= 4 is 0 Å². The number of hydrogen-bond donors (Lipinski definition) is 1. The van der Waals surface area contributed by atoms with Gasteiger partial charge in [-0.15, -0.1) is 0 Å². The lowest BCUT2D eigenvalue weighted by Gasteiger charge is -2.10. The van der Waals surface area contributed by atoms with Gasteiger partial charge in [-0.25, -0.2) is 0 Å². The van der Waals surface area contributed by atoms with Crippen LogP contribution < -0.4 is 5.32 Å². The molecule has 16 heavy (non-hydrogen) atoms. The molecule has 0 fully saturated rings. The molecule has 0 bridgehead atoms. The van der Waals surface area contributed by atoms with Crippen molar-refractivity contribution in [2.45, 2.75) is 39.3 Å². The van der Waals surface area contributed by atoms with E-state index >= 15 is 0 Å². The van der Waals surface area contributed by atoms with E-state index in [0.29, 0.717) is 6.04 Å². The van der Waals surface area contributed by atoms with Crippen molar-refractivity contribution in [2.75, 3.05) is 20.3 Å². The molecule has 0 saturated heterocycles. The molecule has 3 nitrogen and oxygen atoms in total. The first-order chi connectivity index (χ1) is 7.77. The van der Waals surface area contributed by atoms with E-state index in [-0.39, 0.29) is 0 Å². The SMILES string of the molecule is CCC(C)n1ccc(CNCCCOC)c1. The lowest BCUT2D eigenvalue weighted by Crippen LogP contribution is -2.15. The summed E-state index contributed by atoms with van der Waals surface area (Å²) in [5.41, 5.74) is 1.36. The highest BCUT2D eigenvalue weighted by atomic mass is 16.5. The van der Waals surface area contributed by atoms with Crippen LogP contribution in [-0.4, -0.2) is 24.8 Å². The van der Waals surface area contributed by atoms with Crippen molar-refractivity contribution in [2.24, 2.45) is 0 Å². The monoisotopic (exact) mass is 224 g/mol. The average Bonchev–Trinajstić information content (AvgIpc) is 2.76. The van der Waals surface area contributed by atoms with Gasteiger partial charge in [-0.2, -0.15) is 0 Å². The Morgan fingerprint density at radius 2 is 2.31 bits per heavy atom. The normalized spacial score (nSPS) is 12.9. The Morgan fingerprint density at radius 3 is 3.00 bits per heavy atom. The molecule has 0 saturated carbocycles. The molecule has 1 atom stereocenters. The third-order valence-electron chi connectivity index (χ3n) is 2.91. The largest absolute Gasteiger partial charge is 0.385 e. The molecule has 1 aromatic heterocycles. The Morgan fingerprint density at radius 1 is 1.50 bits per heavy atom. The zero-order valence-electron chi connectivity index (χ0n) is 10.7. The van der Waals surface area contributed by atoms with Crippen LogP contribution in [0.25, 0.3) is 0 Å². The summed E-state index contributed by atoms with van der Waals surface area (Å²) >= 11 is 0. The minimum Gasteiger partial charge on any atom is -0.385 e. The number of aromatic nitrogens is 1. The van der Waals surface area contributed by atoms with Crippen LogP contribution in [0.2, 0.25) is 0 Å². The van der Waals surface area contributed by atoms with E-state index in [4.69, 9.17) is 4.74 Å². The van der Waals surface area contributed by atoms with Gasteiger partial charge in [0.15, 0.2) is 0 Å². The van der Waals surface area contributed by atoms with Gasteiger partial charge in [0.2, 0.25) is 0 Å². The quantitative estimate of drug-likeness (QED) is 0.687. The molecule has 1 N–H and O–H groups in total. The van der Waals surface area contributed by atoms with Crippen LogP contribution >= 0.6 is 0 Å². The van der Waals surface area contributed by atoms with E-state index in [1.165, 1.54) is 12.0 Å². The average molecular weight is 224 g/mol. The van der Waals surface area contributed by atoms with Crippen molar-refractivity contribution < 1.29 is 4.74 Å². The highest BCUT2D eigenvalue weighted by Gasteiger charge is 2.02. The number of rotatable bonds is 8. The zero-order valence-corrected chi connectivity index (χ0v) is 10.7. The molecule has 1 aromatic rings. The van der Waals surface area contributed by atoms with E-state index < -0.39 is 0 Å². The van der Waals surface area contributed by atoms with Gasteiger partial charge in [-0.1, -0.05) is 6.92 Å². The topological polar surface area (TPSA) is 26.2 Å². The number of methoxy groups -OCH3 is 1. The molecule has 0 aliphatic rings. The number of nitrogens with one attached hydrogen (secondary N) is 1. The summed E-state index contributed by atoms with van der Waals surface area (Å²) in [4.78, 5) is 0. The van der Waals surface area contributed by atoms with Crippen LogP contribution in [0.4, 0.5) is 0 Å². The Kier molecular flexibility index (Phi) is 6.19. The van der Waals surface area contributed by atoms with Gasteiger partial charge in [0.1, 0.15) is 0 Å². The first-order valence-electron chi connectivity index (χ1n) is 6.14. The molecule has 0 aliphatic carbocycles. The number of ether oxygens (including phenoxy) is 1. The molecule has 0 aliphatic heterocycles. The van der Waals surface area contributed by atoms with Crippen LogP contribution in [0.3, 0.4) is 0 Å². The van der Waals surface area contributed by atoms with Gasteiger partial charge in [0, 0.05) is 38.7 Å².